The van der Waals surface area contributed by atoms with Gasteiger partial charge in [0, 0.05) is 17.8 Å². The Labute approximate surface area is 85.5 Å². The Kier molecular flexibility index (Phi) is 3.66. The predicted octanol–water partition coefficient (Wildman–Crippen LogP) is 0.538. The van der Waals surface area contributed by atoms with E-state index in [0.717, 1.165) is 12.1 Å². The maximum atomic E-state index is 5.93. The van der Waals surface area contributed by atoms with E-state index in [9.17, 15) is 0 Å². The summed E-state index contributed by atoms with van der Waals surface area (Å²) >= 11 is 0. The van der Waals surface area contributed by atoms with Crippen molar-refractivity contribution in [2.24, 2.45) is 5.73 Å². The van der Waals surface area contributed by atoms with Gasteiger partial charge in [-0.3, -0.25) is 5.10 Å². The second-order valence-corrected chi connectivity index (χ2v) is 4.11. The van der Waals surface area contributed by atoms with Gasteiger partial charge in [-0.05, 0) is 39.9 Å². The molecular formula is C10H20N4. The van der Waals surface area contributed by atoms with E-state index in [1.54, 1.807) is 0 Å². The van der Waals surface area contributed by atoms with Crippen molar-refractivity contribution in [3.8, 4) is 0 Å². The Hall–Kier alpha value is -0.870. The van der Waals surface area contributed by atoms with Crippen LogP contribution in [-0.4, -0.2) is 41.3 Å². The number of H-pyrrole nitrogens is 1. The van der Waals surface area contributed by atoms with E-state index in [1.165, 1.54) is 5.56 Å². The van der Waals surface area contributed by atoms with Crippen LogP contribution in [0.25, 0.3) is 0 Å². The maximum absolute atomic E-state index is 5.93. The molecule has 0 spiro atoms. The van der Waals surface area contributed by atoms with Crippen molar-refractivity contribution < 1.29 is 0 Å². The molecule has 1 aromatic heterocycles. The molecule has 0 bridgehead atoms. The lowest BCUT2D eigenvalue weighted by molar-refractivity contribution is 0.259. The van der Waals surface area contributed by atoms with Gasteiger partial charge < -0.3 is 10.6 Å². The second kappa shape index (κ2) is 4.57. The summed E-state index contributed by atoms with van der Waals surface area (Å²) in [5, 5.41) is 6.95. The average molecular weight is 196 g/mol. The molecule has 1 aromatic rings. The first kappa shape index (κ1) is 11.2. The number of nitrogens with one attached hydrogen (secondary N) is 1. The van der Waals surface area contributed by atoms with Gasteiger partial charge in [0.2, 0.25) is 0 Å². The summed E-state index contributed by atoms with van der Waals surface area (Å²) < 4.78 is 0. The maximum Gasteiger partial charge on any atom is 0.0522 e. The molecule has 2 atom stereocenters. The van der Waals surface area contributed by atoms with Gasteiger partial charge in [-0.25, -0.2) is 0 Å². The molecule has 2 unspecified atom stereocenters. The van der Waals surface area contributed by atoms with E-state index < -0.39 is 0 Å². The van der Waals surface area contributed by atoms with Crippen molar-refractivity contribution in [1.29, 1.82) is 0 Å². The molecule has 0 aliphatic heterocycles. The van der Waals surface area contributed by atoms with E-state index in [2.05, 4.69) is 29.2 Å². The predicted molar refractivity (Wildman–Crippen MR) is 58.2 cm³/mol. The number of nitrogens with zero attached hydrogens (tertiary/aromatic N) is 2. The zero-order valence-electron chi connectivity index (χ0n) is 9.41. The number of likely N-dealkylation sites (N-methyl/N-ethyl adjacent to an activating group) is 1. The molecule has 4 heteroatoms. The minimum Gasteiger partial charge on any atom is -0.327 e. The summed E-state index contributed by atoms with van der Waals surface area (Å²) in [6.45, 7) is 4.08. The summed E-state index contributed by atoms with van der Waals surface area (Å²) in [4.78, 5) is 2.16. The van der Waals surface area contributed by atoms with Crippen LogP contribution in [0.4, 0.5) is 0 Å². The first-order chi connectivity index (χ1) is 6.52. The molecule has 1 rings (SSSR count). The number of aromatic nitrogens is 2. The van der Waals surface area contributed by atoms with Crippen molar-refractivity contribution in [3.05, 3.63) is 17.5 Å². The van der Waals surface area contributed by atoms with Crippen LogP contribution in [0.5, 0.6) is 0 Å². The van der Waals surface area contributed by atoms with E-state index in [4.69, 9.17) is 5.73 Å². The molecule has 0 radical (unpaired) electrons. The smallest absolute Gasteiger partial charge is 0.0522 e. The lowest BCUT2D eigenvalue weighted by Gasteiger charge is -2.27. The number of rotatable bonds is 4. The lowest BCUT2D eigenvalue weighted by atomic mass is 10.0. The molecule has 80 valence electrons. The van der Waals surface area contributed by atoms with Crippen LogP contribution in [0.2, 0.25) is 0 Å². The highest BCUT2D eigenvalue weighted by atomic mass is 15.1. The number of aromatic amines is 1. The van der Waals surface area contributed by atoms with Crippen LogP contribution < -0.4 is 5.73 Å². The van der Waals surface area contributed by atoms with Crippen LogP contribution in [0.15, 0.2) is 6.20 Å². The highest BCUT2D eigenvalue weighted by molar-refractivity contribution is 5.16. The Morgan fingerprint density at radius 3 is 2.57 bits per heavy atom. The topological polar surface area (TPSA) is 57.9 Å². The van der Waals surface area contributed by atoms with Gasteiger partial charge in [0.1, 0.15) is 0 Å². The van der Waals surface area contributed by atoms with Gasteiger partial charge in [0.05, 0.1) is 6.20 Å². The molecular weight excluding hydrogens is 176 g/mol. The van der Waals surface area contributed by atoms with E-state index >= 15 is 0 Å². The highest BCUT2D eigenvalue weighted by Crippen LogP contribution is 2.10. The van der Waals surface area contributed by atoms with Gasteiger partial charge in [0.25, 0.3) is 0 Å². The van der Waals surface area contributed by atoms with Gasteiger partial charge >= 0.3 is 0 Å². The molecule has 0 fully saturated rings. The number of nitrogens with two attached hydrogens (primary N) is 1. The first-order valence-corrected chi connectivity index (χ1v) is 4.93. The van der Waals surface area contributed by atoms with E-state index in [1.807, 2.05) is 20.0 Å². The molecule has 1 heterocycles. The van der Waals surface area contributed by atoms with Crippen molar-refractivity contribution in [3.63, 3.8) is 0 Å². The number of hydrogen-bond donors (Lipinski definition) is 2. The third-order valence-corrected chi connectivity index (χ3v) is 2.63. The monoisotopic (exact) mass is 196 g/mol. The molecule has 3 N–H and O–H groups in total. The highest BCUT2D eigenvalue weighted by Gasteiger charge is 2.17. The zero-order chi connectivity index (χ0) is 10.7. The van der Waals surface area contributed by atoms with Crippen molar-refractivity contribution in [2.45, 2.75) is 32.4 Å². The van der Waals surface area contributed by atoms with Gasteiger partial charge in [-0.15, -0.1) is 0 Å². The molecule has 14 heavy (non-hydrogen) atoms. The fourth-order valence-electron chi connectivity index (χ4n) is 1.65. The molecule has 0 saturated carbocycles. The minimum absolute atomic E-state index is 0.166. The molecule has 0 amide bonds. The quantitative estimate of drug-likeness (QED) is 0.739. The SMILES string of the molecule is Cc1[nH]ncc1CC(C(C)N)N(C)C. The summed E-state index contributed by atoms with van der Waals surface area (Å²) in [6.07, 6.45) is 2.83. The molecule has 0 aromatic carbocycles. The van der Waals surface area contributed by atoms with Crippen LogP contribution in [-0.2, 0) is 6.42 Å². The first-order valence-electron chi connectivity index (χ1n) is 4.93. The normalized spacial score (nSPS) is 15.9. The Morgan fingerprint density at radius 1 is 1.57 bits per heavy atom. The second-order valence-electron chi connectivity index (χ2n) is 4.11. The average Bonchev–Trinajstić information content (AvgIpc) is 2.46. The Morgan fingerprint density at radius 2 is 2.21 bits per heavy atom. The number of hydrogen-bond acceptors (Lipinski definition) is 3. The zero-order valence-corrected chi connectivity index (χ0v) is 9.41. The largest absolute Gasteiger partial charge is 0.327 e. The third-order valence-electron chi connectivity index (χ3n) is 2.63. The van der Waals surface area contributed by atoms with Crippen LogP contribution in [0.1, 0.15) is 18.2 Å². The van der Waals surface area contributed by atoms with Gasteiger partial charge in [0.15, 0.2) is 0 Å². The fraction of sp³-hybridized carbons (Fsp3) is 0.700. The van der Waals surface area contributed by atoms with Crippen molar-refractivity contribution in [2.75, 3.05) is 14.1 Å². The fourth-order valence-corrected chi connectivity index (χ4v) is 1.65. The Balaban J connectivity index is 2.70. The van der Waals surface area contributed by atoms with Gasteiger partial charge in [-0.1, -0.05) is 0 Å². The summed E-state index contributed by atoms with van der Waals surface area (Å²) in [5.74, 6) is 0. The lowest BCUT2D eigenvalue weighted by Crippen LogP contribution is -2.44. The minimum atomic E-state index is 0.166. The third kappa shape index (κ3) is 2.56. The molecule has 0 aliphatic carbocycles. The van der Waals surface area contributed by atoms with Crippen molar-refractivity contribution >= 4 is 0 Å². The van der Waals surface area contributed by atoms with Crippen LogP contribution in [0.3, 0.4) is 0 Å². The number of aryl methyl sites for hydroxylation is 1. The van der Waals surface area contributed by atoms with E-state index in [0.29, 0.717) is 6.04 Å². The van der Waals surface area contributed by atoms with Crippen molar-refractivity contribution in [1.82, 2.24) is 15.1 Å². The van der Waals surface area contributed by atoms with E-state index in [-0.39, 0.29) is 6.04 Å². The summed E-state index contributed by atoms with van der Waals surface area (Å²) in [6, 6.07) is 0.533. The molecule has 0 aliphatic rings. The Bertz CT molecular complexity index is 269. The summed E-state index contributed by atoms with van der Waals surface area (Å²) in [5.41, 5.74) is 8.32. The summed E-state index contributed by atoms with van der Waals surface area (Å²) in [7, 11) is 4.12. The molecule has 0 saturated heterocycles. The standard InChI is InChI=1S/C10H20N4/c1-7(11)10(14(3)4)5-9-6-12-13-8(9)2/h6-7,10H,5,11H2,1-4H3,(H,12,13). The van der Waals surface area contributed by atoms with Crippen LogP contribution >= 0.6 is 0 Å². The van der Waals surface area contributed by atoms with Gasteiger partial charge in [-0.2, -0.15) is 5.10 Å². The van der Waals surface area contributed by atoms with Crippen LogP contribution in [0, 0.1) is 6.92 Å². The molecule has 4 nitrogen and oxygen atoms in total.